The quantitative estimate of drug-likeness (QED) is 0.170. The Kier molecular flexibility index (Phi) is 7.81. The highest BCUT2D eigenvalue weighted by Gasteiger charge is 2.26. The summed E-state index contributed by atoms with van der Waals surface area (Å²) in [6, 6.07) is 62.6. The van der Waals surface area contributed by atoms with Gasteiger partial charge in [-0.2, -0.15) is 0 Å². The van der Waals surface area contributed by atoms with Crippen LogP contribution in [-0.4, -0.2) is 0 Å². The molecule has 2 aromatic heterocycles. The van der Waals surface area contributed by atoms with Crippen molar-refractivity contribution in [2.24, 2.45) is 0 Å². The molecule has 0 unspecified atom stereocenters. The van der Waals surface area contributed by atoms with Crippen LogP contribution in [0.25, 0.3) is 75.1 Å². The van der Waals surface area contributed by atoms with Crippen LogP contribution in [0.4, 0.5) is 17.1 Å². The third kappa shape index (κ3) is 5.37. The Morgan fingerprint density at radius 2 is 1.11 bits per heavy atom. The van der Waals surface area contributed by atoms with E-state index in [9.17, 15) is 0 Å². The van der Waals surface area contributed by atoms with Crippen LogP contribution < -0.4 is 4.90 Å². The summed E-state index contributed by atoms with van der Waals surface area (Å²) >= 11 is 1.88. The molecule has 1 aliphatic carbocycles. The first-order valence-corrected chi connectivity index (χ1v) is 20.4. The third-order valence-electron chi connectivity index (χ3n) is 11.9. The fourth-order valence-electron chi connectivity index (χ4n) is 9.35. The zero-order valence-electron chi connectivity index (χ0n) is 30.5. The summed E-state index contributed by atoms with van der Waals surface area (Å²) in [5.74, 6) is 0.587. The van der Waals surface area contributed by atoms with Gasteiger partial charge in [0.25, 0.3) is 0 Å². The Balaban J connectivity index is 1.19. The number of benzene rings is 8. The molecular weight excluding hydrogens is 687 g/mol. The van der Waals surface area contributed by atoms with Crippen molar-refractivity contribution in [2.75, 3.05) is 4.90 Å². The number of anilines is 3. The second kappa shape index (κ2) is 13.3. The van der Waals surface area contributed by atoms with Gasteiger partial charge >= 0.3 is 0 Å². The number of nitrogens with zero attached hydrogens (tertiary/aromatic N) is 1. The van der Waals surface area contributed by atoms with Gasteiger partial charge in [-0.15, -0.1) is 11.3 Å². The second-order valence-electron chi connectivity index (χ2n) is 15.0. The van der Waals surface area contributed by atoms with Crippen LogP contribution >= 0.6 is 11.3 Å². The molecule has 0 radical (unpaired) electrons. The molecule has 0 N–H and O–H groups in total. The van der Waals surface area contributed by atoms with Crippen molar-refractivity contribution in [3.63, 3.8) is 0 Å². The first kappa shape index (κ1) is 32.3. The van der Waals surface area contributed by atoms with Crippen LogP contribution in [0.5, 0.6) is 0 Å². The van der Waals surface area contributed by atoms with Gasteiger partial charge < -0.3 is 9.32 Å². The maximum atomic E-state index is 6.28. The molecule has 1 saturated carbocycles. The smallest absolute Gasteiger partial charge is 0.135 e. The molecule has 11 rings (SSSR count). The summed E-state index contributed by atoms with van der Waals surface area (Å²) in [5.41, 5.74) is 11.7. The van der Waals surface area contributed by atoms with Gasteiger partial charge in [-0.25, -0.2) is 0 Å². The number of rotatable bonds is 6. The van der Waals surface area contributed by atoms with Crippen molar-refractivity contribution >= 4 is 81.3 Å². The molecule has 8 aromatic carbocycles. The molecule has 0 atom stereocenters. The number of furan rings is 1. The number of para-hydroxylation sites is 3. The van der Waals surface area contributed by atoms with Gasteiger partial charge in [-0.1, -0.05) is 147 Å². The van der Waals surface area contributed by atoms with Gasteiger partial charge in [0.2, 0.25) is 0 Å². The van der Waals surface area contributed by atoms with Gasteiger partial charge in [0.1, 0.15) is 11.2 Å². The average molecular weight is 726 g/mol. The van der Waals surface area contributed by atoms with E-state index in [1.807, 2.05) is 17.4 Å². The molecule has 0 amide bonds. The lowest BCUT2D eigenvalue weighted by molar-refractivity contribution is 0.445. The Bertz CT molecular complexity index is 3050. The van der Waals surface area contributed by atoms with Crippen LogP contribution in [0.3, 0.4) is 0 Å². The van der Waals surface area contributed by atoms with E-state index in [1.165, 1.54) is 96.7 Å². The summed E-state index contributed by atoms with van der Waals surface area (Å²) in [7, 11) is 0. The van der Waals surface area contributed by atoms with Gasteiger partial charge in [0, 0.05) is 37.4 Å². The minimum Gasteiger partial charge on any atom is -0.456 e. The highest BCUT2D eigenvalue weighted by atomic mass is 32.1. The minimum absolute atomic E-state index is 0.587. The SMILES string of the molecule is c1ccc(N(c2ccccc2-c2cccc3cccc(C4CCCCC4)c23)c2cccc3c2sc2ccccc23)c(-c2ccc3oc4ccccc4c3c2)c1. The minimum atomic E-state index is 0.587. The summed E-state index contributed by atoms with van der Waals surface area (Å²) in [5, 5.41) is 7.57. The first-order valence-electron chi connectivity index (χ1n) is 19.6. The number of fused-ring (bicyclic) bond motifs is 7. The molecule has 0 spiro atoms. The lowest BCUT2D eigenvalue weighted by atomic mass is 9.80. The Labute approximate surface area is 324 Å². The number of hydrogen-bond donors (Lipinski definition) is 0. The maximum absolute atomic E-state index is 6.28. The van der Waals surface area contributed by atoms with Crippen LogP contribution in [0.15, 0.2) is 174 Å². The summed E-state index contributed by atoms with van der Waals surface area (Å²) in [4.78, 5) is 2.54. The van der Waals surface area contributed by atoms with E-state index in [0.29, 0.717) is 5.92 Å². The lowest BCUT2D eigenvalue weighted by Gasteiger charge is -2.31. The van der Waals surface area contributed by atoms with Crippen molar-refractivity contribution in [1.29, 1.82) is 0 Å². The molecule has 264 valence electrons. The van der Waals surface area contributed by atoms with Crippen LogP contribution in [0.1, 0.15) is 43.6 Å². The molecule has 2 nitrogen and oxygen atoms in total. The van der Waals surface area contributed by atoms with Gasteiger partial charge in [-0.3, -0.25) is 0 Å². The molecule has 10 aromatic rings. The van der Waals surface area contributed by atoms with Crippen LogP contribution in [-0.2, 0) is 0 Å². The van der Waals surface area contributed by atoms with E-state index in [1.54, 1.807) is 0 Å². The van der Waals surface area contributed by atoms with E-state index in [2.05, 4.69) is 169 Å². The molecule has 1 fully saturated rings. The van der Waals surface area contributed by atoms with Crippen LogP contribution in [0, 0.1) is 0 Å². The molecule has 1 aliphatic rings. The molecular formula is C52H39NOS. The highest BCUT2D eigenvalue weighted by molar-refractivity contribution is 7.26. The van der Waals surface area contributed by atoms with E-state index >= 15 is 0 Å². The third-order valence-corrected chi connectivity index (χ3v) is 13.1. The van der Waals surface area contributed by atoms with Crippen molar-refractivity contribution in [3.05, 3.63) is 175 Å². The zero-order valence-corrected chi connectivity index (χ0v) is 31.4. The summed E-state index contributed by atoms with van der Waals surface area (Å²) < 4.78 is 8.86. The number of thiophene rings is 1. The second-order valence-corrected chi connectivity index (χ2v) is 16.1. The largest absolute Gasteiger partial charge is 0.456 e. The predicted octanol–water partition coefficient (Wildman–Crippen LogP) is 16.0. The molecule has 0 bridgehead atoms. The van der Waals surface area contributed by atoms with Gasteiger partial charge in [0.05, 0.1) is 21.8 Å². The van der Waals surface area contributed by atoms with Crippen LogP contribution in [0.2, 0.25) is 0 Å². The van der Waals surface area contributed by atoms with E-state index in [-0.39, 0.29) is 0 Å². The lowest BCUT2D eigenvalue weighted by Crippen LogP contribution is -2.13. The van der Waals surface area contributed by atoms with E-state index in [0.717, 1.165) is 33.2 Å². The zero-order chi connectivity index (χ0) is 36.3. The Hall–Kier alpha value is -6.16. The predicted molar refractivity (Wildman–Crippen MR) is 235 cm³/mol. The molecule has 55 heavy (non-hydrogen) atoms. The standard InChI is InChI=1S/C52H39NOS/c1-2-15-34(16-3-1)38-23-12-17-35-18-13-24-42(51(35)38)39-20-5-9-27-46(39)53(47-28-14-25-43-41-22-7-11-30-50(41)55-52(43)47)45-26-8-4-19-37(45)36-31-32-49-44(33-36)40-21-6-10-29-48(40)54-49/h4-14,17-34H,1-3,15-16H2. The number of hydrogen-bond acceptors (Lipinski definition) is 3. The van der Waals surface area contributed by atoms with Crippen molar-refractivity contribution in [2.45, 2.75) is 38.0 Å². The summed E-state index contributed by atoms with van der Waals surface area (Å²) in [6.07, 6.45) is 6.49. The fraction of sp³-hybridized carbons (Fsp3) is 0.115. The fourth-order valence-corrected chi connectivity index (χ4v) is 10.6. The van der Waals surface area contributed by atoms with Crippen molar-refractivity contribution in [3.8, 4) is 22.3 Å². The monoisotopic (exact) mass is 725 g/mol. The molecule has 0 aliphatic heterocycles. The van der Waals surface area contributed by atoms with Gasteiger partial charge in [-0.05, 0) is 88.7 Å². The van der Waals surface area contributed by atoms with Crippen molar-refractivity contribution in [1.82, 2.24) is 0 Å². The Morgan fingerprint density at radius 3 is 1.98 bits per heavy atom. The normalized spacial score (nSPS) is 13.7. The Morgan fingerprint density at radius 1 is 0.473 bits per heavy atom. The molecule has 2 heterocycles. The highest BCUT2D eigenvalue weighted by Crippen LogP contribution is 2.51. The first-order chi connectivity index (χ1) is 27.3. The topological polar surface area (TPSA) is 16.4 Å². The maximum Gasteiger partial charge on any atom is 0.135 e. The van der Waals surface area contributed by atoms with E-state index < -0.39 is 0 Å². The molecule has 3 heteroatoms. The molecule has 0 saturated heterocycles. The van der Waals surface area contributed by atoms with Crippen molar-refractivity contribution < 1.29 is 4.42 Å². The van der Waals surface area contributed by atoms with Gasteiger partial charge in [0.15, 0.2) is 0 Å². The average Bonchev–Trinajstić information content (AvgIpc) is 3.83. The summed E-state index contributed by atoms with van der Waals surface area (Å²) in [6.45, 7) is 0. The van der Waals surface area contributed by atoms with E-state index in [4.69, 9.17) is 4.42 Å².